The first-order chi connectivity index (χ1) is 15.5. The smallest absolute Gasteiger partial charge is 0.325 e. The first-order valence-electron chi connectivity index (χ1n) is 10.0. The molecule has 1 aromatic heterocycles. The van der Waals surface area contributed by atoms with Gasteiger partial charge in [-0.1, -0.05) is 29.3 Å². The maximum absolute atomic E-state index is 12.7. The molecule has 1 saturated heterocycles. The minimum Gasteiger partial charge on any atom is -0.368 e. The van der Waals surface area contributed by atoms with Gasteiger partial charge in [-0.2, -0.15) is 0 Å². The molecule has 32 heavy (non-hydrogen) atoms. The summed E-state index contributed by atoms with van der Waals surface area (Å²) in [6, 6.07) is 14.2. The minimum absolute atomic E-state index is 0.0287. The molecule has 1 fully saturated rings. The van der Waals surface area contributed by atoms with Gasteiger partial charge in [-0.3, -0.25) is 10.1 Å². The highest BCUT2D eigenvalue weighted by Gasteiger charge is 2.22. The normalized spacial score (nSPS) is 13.7. The van der Waals surface area contributed by atoms with E-state index in [9.17, 15) is 9.59 Å². The molecule has 2 N–H and O–H groups in total. The number of hydrogen-bond acceptors (Lipinski definition) is 5. The number of hydrogen-bond donors (Lipinski definition) is 2. The molecule has 0 spiro atoms. The van der Waals surface area contributed by atoms with Crippen molar-refractivity contribution < 1.29 is 9.59 Å². The molecule has 7 nitrogen and oxygen atoms in total. The van der Waals surface area contributed by atoms with Gasteiger partial charge in [0.15, 0.2) is 5.13 Å². The van der Waals surface area contributed by atoms with E-state index in [0.717, 1.165) is 18.8 Å². The first kappa shape index (κ1) is 22.4. The monoisotopic (exact) mass is 489 g/mol. The zero-order valence-corrected chi connectivity index (χ0v) is 19.4. The molecule has 3 amide bonds. The number of amides is 3. The second-order valence-electron chi connectivity index (χ2n) is 7.25. The zero-order chi connectivity index (χ0) is 22.5. The molecule has 0 unspecified atom stereocenters. The Labute approximate surface area is 200 Å². The number of urea groups is 1. The zero-order valence-electron chi connectivity index (χ0n) is 17.1. The number of nitrogens with zero attached hydrogens (tertiary/aromatic N) is 3. The highest BCUT2D eigenvalue weighted by molar-refractivity contribution is 7.14. The molecular weight excluding hydrogens is 469 g/mol. The molecule has 1 aliphatic heterocycles. The van der Waals surface area contributed by atoms with Gasteiger partial charge in [-0.15, -0.1) is 11.3 Å². The Morgan fingerprint density at radius 1 is 0.969 bits per heavy atom. The van der Waals surface area contributed by atoms with E-state index in [2.05, 4.69) is 20.5 Å². The Kier molecular flexibility index (Phi) is 7.14. The first-order valence-corrected chi connectivity index (χ1v) is 11.7. The lowest BCUT2D eigenvalue weighted by molar-refractivity contribution is -0.130. The molecule has 0 saturated carbocycles. The molecule has 1 aliphatic rings. The summed E-state index contributed by atoms with van der Waals surface area (Å²) in [4.78, 5) is 33.3. The van der Waals surface area contributed by atoms with Crippen LogP contribution in [0.4, 0.5) is 21.3 Å². The van der Waals surface area contributed by atoms with Gasteiger partial charge in [0.2, 0.25) is 5.91 Å². The molecule has 0 aliphatic carbocycles. The number of anilines is 3. The van der Waals surface area contributed by atoms with Gasteiger partial charge in [0.25, 0.3) is 0 Å². The van der Waals surface area contributed by atoms with Gasteiger partial charge >= 0.3 is 6.03 Å². The van der Waals surface area contributed by atoms with Gasteiger partial charge in [0, 0.05) is 53.0 Å². The Balaban J connectivity index is 1.25. The predicted molar refractivity (Wildman–Crippen MR) is 130 cm³/mol. The van der Waals surface area contributed by atoms with Crippen molar-refractivity contribution >= 4 is 63.0 Å². The Morgan fingerprint density at radius 3 is 2.44 bits per heavy atom. The number of carbonyl (C=O) groups excluding carboxylic acids is 2. The van der Waals surface area contributed by atoms with E-state index < -0.39 is 6.03 Å². The van der Waals surface area contributed by atoms with Gasteiger partial charge in [0.1, 0.15) is 0 Å². The van der Waals surface area contributed by atoms with Crippen molar-refractivity contribution in [2.45, 2.75) is 6.42 Å². The van der Waals surface area contributed by atoms with Gasteiger partial charge in [-0.25, -0.2) is 9.78 Å². The standard InChI is InChI=1S/C22H21Cl2N5O2S/c23-15-4-6-19(7-5-15)28-8-10-29(11-9-28)20(30)13-18-14-32-22(26-18)27-21(31)25-17-3-1-2-16(24)12-17/h1-7,12,14H,8-11,13H2,(H2,25,26,27,31). The molecule has 0 bridgehead atoms. The summed E-state index contributed by atoms with van der Waals surface area (Å²) in [7, 11) is 0. The van der Waals surface area contributed by atoms with Crippen LogP contribution < -0.4 is 15.5 Å². The van der Waals surface area contributed by atoms with Crippen LogP contribution in [-0.4, -0.2) is 48.0 Å². The van der Waals surface area contributed by atoms with Crippen LogP contribution in [0.5, 0.6) is 0 Å². The molecular formula is C22H21Cl2N5O2S. The molecule has 2 heterocycles. The molecule has 166 valence electrons. The summed E-state index contributed by atoms with van der Waals surface area (Å²) in [5.41, 5.74) is 2.32. The fraction of sp³-hybridized carbons (Fsp3) is 0.227. The Morgan fingerprint density at radius 2 is 1.72 bits per heavy atom. The number of piperazine rings is 1. The summed E-state index contributed by atoms with van der Waals surface area (Å²) < 4.78 is 0. The highest BCUT2D eigenvalue weighted by atomic mass is 35.5. The highest BCUT2D eigenvalue weighted by Crippen LogP contribution is 2.21. The van der Waals surface area contributed by atoms with Crippen LogP contribution in [-0.2, 0) is 11.2 Å². The third-order valence-corrected chi connectivity index (χ3v) is 6.30. The van der Waals surface area contributed by atoms with Gasteiger partial charge in [-0.05, 0) is 42.5 Å². The van der Waals surface area contributed by atoms with Crippen molar-refractivity contribution in [1.82, 2.24) is 9.88 Å². The number of halogens is 2. The van der Waals surface area contributed by atoms with Crippen molar-refractivity contribution in [2.24, 2.45) is 0 Å². The summed E-state index contributed by atoms with van der Waals surface area (Å²) in [6.45, 7) is 2.83. The summed E-state index contributed by atoms with van der Waals surface area (Å²) in [5, 5.41) is 8.85. The van der Waals surface area contributed by atoms with Crippen LogP contribution in [0.3, 0.4) is 0 Å². The van der Waals surface area contributed by atoms with E-state index >= 15 is 0 Å². The number of thiazole rings is 1. The molecule has 0 atom stereocenters. The molecule has 4 rings (SSSR count). The number of rotatable bonds is 5. The van der Waals surface area contributed by atoms with Crippen molar-refractivity contribution in [3.63, 3.8) is 0 Å². The quantitative estimate of drug-likeness (QED) is 0.529. The number of benzene rings is 2. The second kappa shape index (κ2) is 10.2. The molecule has 3 aromatic rings. The van der Waals surface area contributed by atoms with Crippen LogP contribution in [0.2, 0.25) is 10.0 Å². The van der Waals surface area contributed by atoms with Crippen LogP contribution in [0, 0.1) is 0 Å². The van der Waals surface area contributed by atoms with Crippen molar-refractivity contribution in [3.8, 4) is 0 Å². The third-order valence-electron chi connectivity index (χ3n) is 5.01. The fourth-order valence-electron chi connectivity index (χ4n) is 3.40. The van der Waals surface area contributed by atoms with E-state index in [0.29, 0.717) is 39.6 Å². The van der Waals surface area contributed by atoms with E-state index in [-0.39, 0.29) is 12.3 Å². The minimum atomic E-state index is -0.419. The summed E-state index contributed by atoms with van der Waals surface area (Å²) >= 11 is 13.2. The van der Waals surface area contributed by atoms with Gasteiger partial charge < -0.3 is 15.1 Å². The lowest BCUT2D eigenvalue weighted by atomic mass is 10.2. The maximum atomic E-state index is 12.7. The summed E-state index contributed by atoms with van der Waals surface area (Å²) in [5.74, 6) is 0.0287. The second-order valence-corrected chi connectivity index (χ2v) is 8.99. The largest absolute Gasteiger partial charge is 0.368 e. The lowest BCUT2D eigenvalue weighted by Crippen LogP contribution is -2.49. The topological polar surface area (TPSA) is 77.6 Å². The van der Waals surface area contributed by atoms with E-state index in [1.54, 1.807) is 29.6 Å². The Bertz CT molecular complexity index is 1100. The molecule has 2 aromatic carbocycles. The number of nitrogens with one attached hydrogen (secondary N) is 2. The van der Waals surface area contributed by atoms with E-state index in [1.807, 2.05) is 29.2 Å². The van der Waals surface area contributed by atoms with Gasteiger partial charge in [0.05, 0.1) is 12.1 Å². The third kappa shape index (κ3) is 5.91. The lowest BCUT2D eigenvalue weighted by Gasteiger charge is -2.36. The predicted octanol–water partition coefficient (Wildman–Crippen LogP) is 4.99. The van der Waals surface area contributed by atoms with Crippen molar-refractivity contribution in [1.29, 1.82) is 0 Å². The maximum Gasteiger partial charge on any atom is 0.325 e. The van der Waals surface area contributed by atoms with Crippen molar-refractivity contribution in [2.75, 3.05) is 41.7 Å². The van der Waals surface area contributed by atoms with Crippen LogP contribution >= 0.6 is 34.5 Å². The SMILES string of the molecule is O=C(Nc1cccc(Cl)c1)Nc1nc(CC(=O)N2CCN(c3ccc(Cl)cc3)CC2)cs1. The van der Waals surface area contributed by atoms with Crippen LogP contribution in [0.1, 0.15) is 5.69 Å². The van der Waals surface area contributed by atoms with E-state index in [1.165, 1.54) is 11.3 Å². The average Bonchev–Trinajstić information content (AvgIpc) is 3.21. The molecule has 0 radical (unpaired) electrons. The number of aromatic nitrogens is 1. The number of carbonyl (C=O) groups is 2. The van der Waals surface area contributed by atoms with E-state index in [4.69, 9.17) is 23.2 Å². The Hall–Kier alpha value is -2.81. The molecule has 10 heteroatoms. The average molecular weight is 490 g/mol. The fourth-order valence-corrected chi connectivity index (χ4v) is 4.43. The van der Waals surface area contributed by atoms with Crippen molar-refractivity contribution in [3.05, 3.63) is 69.7 Å². The van der Waals surface area contributed by atoms with Crippen LogP contribution in [0.25, 0.3) is 0 Å². The summed E-state index contributed by atoms with van der Waals surface area (Å²) in [6.07, 6.45) is 0.203. The van der Waals surface area contributed by atoms with Crippen LogP contribution in [0.15, 0.2) is 53.9 Å².